The fourth-order valence-corrected chi connectivity index (χ4v) is 0.773. The summed E-state index contributed by atoms with van der Waals surface area (Å²) in [5, 5.41) is 0. The second-order valence-corrected chi connectivity index (χ2v) is 2.76. The van der Waals surface area contributed by atoms with Crippen molar-refractivity contribution in [2.75, 3.05) is 27.1 Å². The van der Waals surface area contributed by atoms with Gasteiger partial charge in [0.25, 0.3) is 0 Å². The molecule has 0 N–H and O–H groups in total. The van der Waals surface area contributed by atoms with Crippen LogP contribution in [0.1, 0.15) is 6.92 Å². The fourth-order valence-electron chi connectivity index (χ4n) is 0.773. The lowest BCUT2D eigenvalue weighted by atomic mass is 10.4. The van der Waals surface area contributed by atoms with Crippen molar-refractivity contribution in [2.24, 2.45) is 0 Å². The second-order valence-electron chi connectivity index (χ2n) is 2.76. The van der Waals surface area contributed by atoms with Gasteiger partial charge in [0, 0.05) is 6.92 Å². The van der Waals surface area contributed by atoms with E-state index in [0.717, 1.165) is 0 Å². The van der Waals surface area contributed by atoms with Gasteiger partial charge in [-0.2, -0.15) is 0 Å². The highest BCUT2D eigenvalue weighted by molar-refractivity contribution is 5.74. The molecule has 0 rings (SSSR count). The van der Waals surface area contributed by atoms with E-state index in [9.17, 15) is 9.59 Å². The van der Waals surface area contributed by atoms with Crippen LogP contribution in [0.3, 0.4) is 0 Å². The molecule has 0 bridgehead atoms. The van der Waals surface area contributed by atoms with E-state index in [1.165, 1.54) is 14.0 Å². The highest BCUT2D eigenvalue weighted by Gasteiger charge is 2.20. The van der Waals surface area contributed by atoms with Crippen molar-refractivity contribution >= 4 is 11.9 Å². The fraction of sp³-hybridized carbons (Fsp3) is 0.600. The Morgan fingerprint density at radius 2 is 2.12 bits per heavy atom. The van der Waals surface area contributed by atoms with Crippen LogP contribution >= 0.6 is 0 Å². The molecule has 6 nitrogen and oxygen atoms in total. The first-order chi connectivity index (χ1) is 7.61. The van der Waals surface area contributed by atoms with Gasteiger partial charge in [0.1, 0.15) is 0 Å². The van der Waals surface area contributed by atoms with Crippen LogP contribution < -0.4 is 0 Å². The average Bonchev–Trinajstić information content (AvgIpc) is 2.26. The van der Waals surface area contributed by atoms with Gasteiger partial charge in [-0.05, 0) is 0 Å². The minimum atomic E-state index is -0.913. The quantitative estimate of drug-likeness (QED) is 0.259. The van der Waals surface area contributed by atoms with E-state index in [-0.39, 0.29) is 13.4 Å². The number of ether oxygens (including phenoxy) is 4. The van der Waals surface area contributed by atoms with Crippen LogP contribution in [-0.2, 0) is 28.5 Å². The van der Waals surface area contributed by atoms with E-state index in [1.54, 1.807) is 6.08 Å². The maximum absolute atomic E-state index is 11.2. The zero-order chi connectivity index (χ0) is 12.4. The van der Waals surface area contributed by atoms with Gasteiger partial charge in [-0.15, -0.1) is 6.58 Å². The van der Waals surface area contributed by atoms with E-state index in [0.29, 0.717) is 6.61 Å². The average molecular weight is 232 g/mol. The molecule has 0 spiro atoms. The number of rotatable bonds is 8. The Morgan fingerprint density at radius 3 is 2.62 bits per heavy atom. The van der Waals surface area contributed by atoms with Crippen molar-refractivity contribution in [3.8, 4) is 0 Å². The van der Waals surface area contributed by atoms with Crippen LogP contribution in [0.15, 0.2) is 12.7 Å². The Morgan fingerprint density at radius 1 is 1.44 bits per heavy atom. The molecule has 0 saturated heterocycles. The zero-order valence-corrected chi connectivity index (χ0v) is 9.43. The molecule has 6 heteroatoms. The van der Waals surface area contributed by atoms with Gasteiger partial charge < -0.3 is 18.9 Å². The van der Waals surface area contributed by atoms with Crippen LogP contribution in [0.4, 0.5) is 0 Å². The summed E-state index contributed by atoms with van der Waals surface area (Å²) in [6.07, 6.45) is 0.629. The van der Waals surface area contributed by atoms with Crippen molar-refractivity contribution in [1.29, 1.82) is 0 Å². The maximum Gasteiger partial charge on any atom is 0.337 e. The first-order valence-corrected chi connectivity index (χ1v) is 4.63. The predicted octanol–water partition coefficient (Wildman–Crippen LogP) is 0.268. The molecule has 0 aromatic carbocycles. The van der Waals surface area contributed by atoms with Crippen molar-refractivity contribution < 1.29 is 28.5 Å². The van der Waals surface area contributed by atoms with Gasteiger partial charge in [0.15, 0.2) is 12.9 Å². The Labute approximate surface area is 94.1 Å². The molecule has 0 aliphatic rings. The molecule has 0 saturated carbocycles. The highest BCUT2D eigenvalue weighted by atomic mass is 16.7. The van der Waals surface area contributed by atoms with E-state index in [1.807, 2.05) is 0 Å². The van der Waals surface area contributed by atoms with Gasteiger partial charge >= 0.3 is 11.9 Å². The van der Waals surface area contributed by atoms with Gasteiger partial charge in [-0.25, -0.2) is 4.79 Å². The molecule has 92 valence electrons. The van der Waals surface area contributed by atoms with Crippen LogP contribution in [0, 0.1) is 0 Å². The highest BCUT2D eigenvalue weighted by Crippen LogP contribution is 1.97. The van der Waals surface area contributed by atoms with E-state index in [2.05, 4.69) is 16.1 Å². The first kappa shape index (κ1) is 14.6. The maximum atomic E-state index is 11.2. The van der Waals surface area contributed by atoms with Crippen molar-refractivity contribution in [1.82, 2.24) is 0 Å². The monoisotopic (exact) mass is 232 g/mol. The molecule has 0 aromatic heterocycles. The van der Waals surface area contributed by atoms with Gasteiger partial charge in [0.2, 0.25) is 0 Å². The molecule has 0 amide bonds. The summed E-state index contributed by atoms with van der Waals surface area (Å²) in [6.45, 7) is 4.69. The van der Waals surface area contributed by atoms with Crippen LogP contribution in [0.2, 0.25) is 0 Å². The van der Waals surface area contributed by atoms with Crippen LogP contribution in [0.5, 0.6) is 0 Å². The topological polar surface area (TPSA) is 71.1 Å². The molecular formula is C10H16O6. The van der Waals surface area contributed by atoms with Gasteiger partial charge in [-0.1, -0.05) is 6.08 Å². The molecule has 0 radical (unpaired) electrons. The van der Waals surface area contributed by atoms with E-state index < -0.39 is 18.0 Å². The van der Waals surface area contributed by atoms with Crippen LogP contribution in [0.25, 0.3) is 0 Å². The van der Waals surface area contributed by atoms with Gasteiger partial charge in [0.05, 0.1) is 20.3 Å². The lowest BCUT2D eigenvalue weighted by Gasteiger charge is -2.14. The number of esters is 2. The van der Waals surface area contributed by atoms with Crippen molar-refractivity contribution in [2.45, 2.75) is 13.0 Å². The molecule has 0 fully saturated rings. The Bertz CT molecular complexity index is 237. The summed E-state index contributed by atoms with van der Waals surface area (Å²) >= 11 is 0. The molecule has 16 heavy (non-hydrogen) atoms. The number of carbonyl (C=O) groups is 2. The van der Waals surface area contributed by atoms with Gasteiger partial charge in [-0.3, -0.25) is 4.79 Å². The third-order valence-corrected chi connectivity index (χ3v) is 1.50. The molecule has 0 aromatic rings. The van der Waals surface area contributed by atoms with Crippen molar-refractivity contribution in [3.63, 3.8) is 0 Å². The summed E-state index contributed by atoms with van der Waals surface area (Å²) in [7, 11) is 1.23. The second kappa shape index (κ2) is 8.87. The molecule has 0 aliphatic heterocycles. The third-order valence-electron chi connectivity index (χ3n) is 1.50. The van der Waals surface area contributed by atoms with Crippen LogP contribution in [-0.4, -0.2) is 45.2 Å². The zero-order valence-electron chi connectivity index (χ0n) is 9.43. The summed E-state index contributed by atoms with van der Waals surface area (Å²) in [4.78, 5) is 21.7. The molecular weight excluding hydrogens is 216 g/mol. The van der Waals surface area contributed by atoms with E-state index in [4.69, 9.17) is 9.47 Å². The molecule has 1 atom stereocenters. The van der Waals surface area contributed by atoms with Crippen molar-refractivity contribution in [3.05, 3.63) is 12.7 Å². The SMILES string of the molecule is C=CCOCC(OCOC(C)=O)C(=O)OC. The Balaban J connectivity index is 3.94. The largest absolute Gasteiger partial charge is 0.467 e. The molecule has 1 unspecified atom stereocenters. The number of carbonyl (C=O) groups excluding carboxylic acids is 2. The Kier molecular flexibility index (Phi) is 8.10. The standard InChI is InChI=1S/C10H16O6/c1-4-5-14-6-9(10(12)13-3)16-7-15-8(2)11/h4,9H,1,5-7H2,2-3H3. The minimum absolute atomic E-state index is 0.0138. The minimum Gasteiger partial charge on any atom is -0.467 e. The lowest BCUT2D eigenvalue weighted by molar-refractivity contribution is -0.177. The lowest BCUT2D eigenvalue weighted by Crippen LogP contribution is -2.31. The molecule has 0 heterocycles. The summed E-state index contributed by atoms with van der Waals surface area (Å²) < 4.78 is 19.0. The summed E-state index contributed by atoms with van der Waals surface area (Å²) in [5.41, 5.74) is 0. The Hall–Kier alpha value is -1.40. The molecule has 0 aliphatic carbocycles. The number of hydrogen-bond donors (Lipinski definition) is 0. The normalized spacial score (nSPS) is 11.6. The first-order valence-electron chi connectivity index (χ1n) is 4.63. The number of methoxy groups -OCH3 is 1. The predicted molar refractivity (Wildman–Crippen MR) is 54.5 cm³/mol. The smallest absolute Gasteiger partial charge is 0.337 e. The van der Waals surface area contributed by atoms with E-state index >= 15 is 0 Å². The third kappa shape index (κ3) is 6.97. The summed E-state index contributed by atoms with van der Waals surface area (Å²) in [5.74, 6) is -1.08. The summed E-state index contributed by atoms with van der Waals surface area (Å²) in [6, 6.07) is 0. The number of hydrogen-bond acceptors (Lipinski definition) is 6.